The molecule has 2 aromatic rings. The Morgan fingerprint density at radius 2 is 2.10 bits per heavy atom. The van der Waals surface area contributed by atoms with Crippen molar-refractivity contribution in [3.05, 3.63) is 51.9 Å². The Bertz CT molecular complexity index is 675. The van der Waals surface area contributed by atoms with Crippen molar-refractivity contribution in [2.24, 2.45) is 0 Å². The van der Waals surface area contributed by atoms with Gasteiger partial charge in [-0.15, -0.1) is 0 Å². The van der Waals surface area contributed by atoms with Gasteiger partial charge in [0.15, 0.2) is 0 Å². The lowest BCUT2D eigenvalue weighted by Gasteiger charge is -2.29. The number of aryl methyl sites for hydroxylation is 3. The van der Waals surface area contributed by atoms with Gasteiger partial charge in [-0.2, -0.15) is 0 Å². The van der Waals surface area contributed by atoms with Gasteiger partial charge < -0.3 is 9.32 Å². The molecule has 1 aliphatic rings. The Kier molecular flexibility index (Phi) is 3.30. The van der Waals surface area contributed by atoms with Crippen LogP contribution in [0.5, 0.6) is 0 Å². The molecule has 0 unspecified atom stereocenters. The number of carbonyl (C=O) groups excluding carboxylic acids is 1. The monoisotopic (exact) mass is 289 g/mol. The zero-order valence-electron chi connectivity index (χ0n) is 11.6. The van der Waals surface area contributed by atoms with Crippen LogP contribution in [0.15, 0.2) is 28.7 Å². The fourth-order valence-electron chi connectivity index (χ4n) is 2.77. The lowest BCUT2D eigenvalue weighted by atomic mass is 10.0. The molecule has 0 fully saturated rings. The summed E-state index contributed by atoms with van der Waals surface area (Å²) in [4.78, 5) is 14.5. The Morgan fingerprint density at radius 3 is 2.80 bits per heavy atom. The first-order valence-corrected chi connectivity index (χ1v) is 7.11. The number of furan rings is 1. The lowest BCUT2D eigenvalue weighted by molar-refractivity contribution is 0.0983. The van der Waals surface area contributed by atoms with Crippen LogP contribution >= 0.6 is 11.6 Å². The third kappa shape index (κ3) is 2.22. The summed E-state index contributed by atoms with van der Waals surface area (Å²) in [6.45, 7) is 4.41. The molecule has 0 aliphatic carbocycles. The van der Waals surface area contributed by atoms with Crippen molar-refractivity contribution in [1.29, 1.82) is 0 Å². The van der Waals surface area contributed by atoms with Gasteiger partial charge in [-0.25, -0.2) is 0 Å². The van der Waals surface area contributed by atoms with Crippen molar-refractivity contribution in [1.82, 2.24) is 0 Å². The number of rotatable bonds is 1. The first-order valence-electron chi connectivity index (χ1n) is 6.73. The van der Waals surface area contributed by atoms with E-state index in [9.17, 15) is 4.79 Å². The van der Waals surface area contributed by atoms with Gasteiger partial charge >= 0.3 is 0 Å². The Balaban J connectivity index is 2.00. The number of hydrogen-bond donors (Lipinski definition) is 0. The number of halogens is 1. The summed E-state index contributed by atoms with van der Waals surface area (Å²) >= 11 is 6.03. The highest BCUT2D eigenvalue weighted by molar-refractivity contribution is 6.30. The van der Waals surface area contributed by atoms with Crippen LogP contribution < -0.4 is 4.90 Å². The Morgan fingerprint density at radius 1 is 1.30 bits per heavy atom. The molecule has 0 saturated heterocycles. The first kappa shape index (κ1) is 13.3. The minimum atomic E-state index is 0.00243. The number of benzene rings is 1. The Labute approximate surface area is 123 Å². The average Bonchev–Trinajstić information content (AvgIpc) is 2.76. The lowest BCUT2D eigenvalue weighted by Crippen LogP contribution is -2.35. The quantitative estimate of drug-likeness (QED) is 0.790. The third-order valence-electron chi connectivity index (χ3n) is 3.68. The first-order chi connectivity index (χ1) is 9.56. The summed E-state index contributed by atoms with van der Waals surface area (Å²) < 4.78 is 5.46. The predicted molar refractivity (Wildman–Crippen MR) is 79.6 cm³/mol. The Hall–Kier alpha value is -1.74. The molecule has 0 radical (unpaired) electrons. The fourth-order valence-corrected chi connectivity index (χ4v) is 2.96. The number of anilines is 1. The standard InChI is InChI=1S/C16H16ClNO2/c1-10-8-14(11(2)20-10)16(19)18-7-3-4-12-9-13(17)5-6-15(12)18/h5-6,8-9H,3-4,7H2,1-2H3. The maximum atomic E-state index is 12.7. The van der Waals surface area contributed by atoms with Crippen molar-refractivity contribution in [3.8, 4) is 0 Å². The van der Waals surface area contributed by atoms with Crippen LogP contribution in [-0.4, -0.2) is 12.5 Å². The van der Waals surface area contributed by atoms with Gasteiger partial charge in [0.05, 0.1) is 5.56 Å². The zero-order chi connectivity index (χ0) is 14.3. The second-order valence-electron chi connectivity index (χ2n) is 5.16. The van der Waals surface area contributed by atoms with E-state index in [0.717, 1.165) is 36.4 Å². The highest BCUT2D eigenvalue weighted by Crippen LogP contribution is 2.31. The van der Waals surface area contributed by atoms with Gasteiger partial charge in [-0.1, -0.05) is 11.6 Å². The van der Waals surface area contributed by atoms with Crippen LogP contribution in [0, 0.1) is 13.8 Å². The number of hydrogen-bond acceptors (Lipinski definition) is 2. The van der Waals surface area contributed by atoms with Crippen LogP contribution in [-0.2, 0) is 6.42 Å². The molecule has 20 heavy (non-hydrogen) atoms. The summed E-state index contributed by atoms with van der Waals surface area (Å²) in [6, 6.07) is 7.52. The number of amides is 1. The molecule has 1 amide bonds. The van der Waals surface area contributed by atoms with Crippen molar-refractivity contribution in [2.75, 3.05) is 11.4 Å². The molecule has 0 atom stereocenters. The summed E-state index contributed by atoms with van der Waals surface area (Å²) in [5.74, 6) is 1.44. The van der Waals surface area contributed by atoms with Crippen molar-refractivity contribution in [3.63, 3.8) is 0 Å². The van der Waals surface area contributed by atoms with Gasteiger partial charge in [0.1, 0.15) is 11.5 Å². The van der Waals surface area contributed by atoms with Gasteiger partial charge in [0.25, 0.3) is 5.91 Å². The third-order valence-corrected chi connectivity index (χ3v) is 3.91. The second kappa shape index (κ2) is 4.98. The molecule has 4 heteroatoms. The summed E-state index contributed by atoms with van der Waals surface area (Å²) in [5.41, 5.74) is 2.74. The summed E-state index contributed by atoms with van der Waals surface area (Å²) in [7, 11) is 0. The van der Waals surface area contributed by atoms with Crippen molar-refractivity contribution in [2.45, 2.75) is 26.7 Å². The number of fused-ring (bicyclic) bond motifs is 1. The van der Waals surface area contributed by atoms with E-state index in [1.807, 2.05) is 43.0 Å². The van der Waals surface area contributed by atoms with Gasteiger partial charge in [0.2, 0.25) is 0 Å². The van der Waals surface area contributed by atoms with E-state index in [-0.39, 0.29) is 5.91 Å². The minimum absolute atomic E-state index is 0.00243. The number of nitrogens with zero attached hydrogens (tertiary/aromatic N) is 1. The van der Waals surface area contributed by atoms with Gasteiger partial charge in [0, 0.05) is 17.3 Å². The molecule has 1 aliphatic heterocycles. The number of carbonyl (C=O) groups is 1. The van der Waals surface area contributed by atoms with E-state index in [1.54, 1.807) is 0 Å². The molecule has 3 rings (SSSR count). The fraction of sp³-hybridized carbons (Fsp3) is 0.312. The SMILES string of the molecule is Cc1cc(C(=O)N2CCCc3cc(Cl)ccc32)c(C)o1. The van der Waals surface area contributed by atoms with E-state index in [0.29, 0.717) is 16.3 Å². The summed E-state index contributed by atoms with van der Waals surface area (Å²) in [5, 5.41) is 0.716. The molecule has 1 aromatic heterocycles. The molecular weight excluding hydrogens is 274 g/mol. The smallest absolute Gasteiger partial charge is 0.261 e. The van der Waals surface area contributed by atoms with Gasteiger partial charge in [-0.05, 0) is 56.5 Å². The maximum absolute atomic E-state index is 12.7. The molecule has 0 saturated carbocycles. The summed E-state index contributed by atoms with van der Waals surface area (Å²) in [6.07, 6.45) is 1.91. The molecule has 1 aromatic carbocycles. The van der Waals surface area contributed by atoms with E-state index >= 15 is 0 Å². The highest BCUT2D eigenvalue weighted by Gasteiger charge is 2.26. The van der Waals surface area contributed by atoms with Crippen LogP contribution in [0.4, 0.5) is 5.69 Å². The topological polar surface area (TPSA) is 33.5 Å². The van der Waals surface area contributed by atoms with Crippen LogP contribution in [0.3, 0.4) is 0 Å². The van der Waals surface area contributed by atoms with E-state index in [1.165, 1.54) is 0 Å². The maximum Gasteiger partial charge on any atom is 0.261 e. The minimum Gasteiger partial charge on any atom is -0.466 e. The zero-order valence-corrected chi connectivity index (χ0v) is 12.3. The van der Waals surface area contributed by atoms with Crippen molar-refractivity contribution < 1.29 is 9.21 Å². The normalized spacial score (nSPS) is 14.2. The van der Waals surface area contributed by atoms with Crippen LogP contribution in [0.2, 0.25) is 5.02 Å². The van der Waals surface area contributed by atoms with E-state index < -0.39 is 0 Å². The average molecular weight is 290 g/mol. The molecule has 0 N–H and O–H groups in total. The van der Waals surface area contributed by atoms with E-state index in [4.69, 9.17) is 16.0 Å². The molecular formula is C16H16ClNO2. The molecule has 3 nitrogen and oxygen atoms in total. The van der Waals surface area contributed by atoms with Crippen molar-refractivity contribution >= 4 is 23.2 Å². The molecule has 0 spiro atoms. The molecule has 104 valence electrons. The highest BCUT2D eigenvalue weighted by atomic mass is 35.5. The molecule has 0 bridgehead atoms. The van der Waals surface area contributed by atoms with E-state index in [2.05, 4.69) is 0 Å². The second-order valence-corrected chi connectivity index (χ2v) is 5.60. The van der Waals surface area contributed by atoms with Crippen LogP contribution in [0.25, 0.3) is 0 Å². The molecule has 2 heterocycles. The van der Waals surface area contributed by atoms with Crippen LogP contribution in [0.1, 0.15) is 33.9 Å². The predicted octanol–water partition coefficient (Wildman–Crippen LogP) is 4.14. The largest absolute Gasteiger partial charge is 0.466 e. The van der Waals surface area contributed by atoms with Gasteiger partial charge in [-0.3, -0.25) is 4.79 Å².